The fourth-order valence-electron chi connectivity index (χ4n) is 6.02. The van der Waals surface area contributed by atoms with Gasteiger partial charge in [0.1, 0.15) is 22.7 Å². The van der Waals surface area contributed by atoms with Crippen LogP contribution in [0.1, 0.15) is 73.4 Å². The maximum atomic E-state index is 13.4. The minimum Gasteiger partial charge on any atom is -0.320 e. The molecule has 2 aliphatic rings. The highest BCUT2D eigenvalue weighted by Gasteiger charge is 2.48. The number of carbonyl (C=O) groups is 1. The number of hydrogen-bond acceptors (Lipinski definition) is 7. The third kappa shape index (κ3) is 4.44. The number of amides is 1. The van der Waals surface area contributed by atoms with Crippen LogP contribution in [0.25, 0.3) is 10.2 Å². The van der Waals surface area contributed by atoms with Crippen LogP contribution in [0, 0.1) is 11.8 Å². The van der Waals surface area contributed by atoms with E-state index in [1.807, 2.05) is 35.3 Å². The molecule has 4 aromatic heterocycles. The number of carbonyl (C=O) groups excluding carboxylic acids is 1. The Balaban J connectivity index is 1.24. The van der Waals surface area contributed by atoms with Gasteiger partial charge in [0.05, 0.1) is 17.3 Å². The summed E-state index contributed by atoms with van der Waals surface area (Å²) in [4.78, 5) is 23.4. The summed E-state index contributed by atoms with van der Waals surface area (Å²) in [5.41, 5.74) is 3.02. The fraction of sp³-hybridized carbons (Fsp3) is 0.464. The van der Waals surface area contributed by atoms with Crippen LogP contribution < -0.4 is 10.6 Å². The van der Waals surface area contributed by atoms with Gasteiger partial charge in [0.2, 0.25) is 0 Å². The normalized spacial score (nSPS) is 22.4. The second-order valence-corrected chi connectivity index (χ2v) is 11.8. The van der Waals surface area contributed by atoms with Gasteiger partial charge in [-0.05, 0) is 79.1 Å². The molecular weight excluding hydrogens is 482 g/mol. The van der Waals surface area contributed by atoms with Crippen molar-refractivity contribution < 1.29 is 4.79 Å². The molecular formula is C28H33N7OS. The molecule has 0 aliphatic heterocycles. The maximum absolute atomic E-state index is 13.4. The molecule has 4 heterocycles. The van der Waals surface area contributed by atoms with E-state index in [1.54, 1.807) is 23.9 Å². The van der Waals surface area contributed by atoms with Crippen molar-refractivity contribution in [1.29, 1.82) is 0 Å². The topological polar surface area (TPSA) is 97.6 Å². The smallest absolute Gasteiger partial charge is 0.274 e. The molecule has 4 aromatic rings. The van der Waals surface area contributed by atoms with Crippen molar-refractivity contribution in [2.75, 3.05) is 5.32 Å². The Morgan fingerprint density at radius 3 is 2.81 bits per heavy atom. The molecule has 1 atom stereocenters. The number of rotatable bonds is 8. The van der Waals surface area contributed by atoms with Gasteiger partial charge in [-0.3, -0.25) is 9.78 Å². The van der Waals surface area contributed by atoms with Crippen LogP contribution in [0.3, 0.4) is 0 Å². The van der Waals surface area contributed by atoms with E-state index in [0.717, 1.165) is 52.5 Å². The highest BCUT2D eigenvalue weighted by molar-refractivity contribution is 7.16. The summed E-state index contributed by atoms with van der Waals surface area (Å²) >= 11 is 1.57. The van der Waals surface area contributed by atoms with Crippen molar-refractivity contribution in [3.63, 3.8) is 0 Å². The van der Waals surface area contributed by atoms with E-state index in [9.17, 15) is 4.79 Å². The number of nitrogens with zero attached hydrogens (tertiary/aromatic N) is 5. The first-order valence-electron chi connectivity index (χ1n) is 13.1. The number of thiophene rings is 1. The van der Waals surface area contributed by atoms with Crippen LogP contribution in [0.5, 0.6) is 0 Å². The molecule has 0 unspecified atom stereocenters. The largest absolute Gasteiger partial charge is 0.320 e. The van der Waals surface area contributed by atoms with Crippen molar-refractivity contribution in [3.8, 4) is 0 Å². The fourth-order valence-corrected chi connectivity index (χ4v) is 6.83. The van der Waals surface area contributed by atoms with Gasteiger partial charge in [-0.1, -0.05) is 13.3 Å². The third-order valence-corrected chi connectivity index (χ3v) is 9.12. The number of pyridine rings is 2. The second-order valence-electron chi connectivity index (χ2n) is 10.9. The molecule has 0 bridgehead atoms. The lowest BCUT2D eigenvalue weighted by atomic mass is 9.59. The van der Waals surface area contributed by atoms with Crippen LogP contribution in [0.2, 0.25) is 0 Å². The second kappa shape index (κ2) is 9.61. The molecule has 0 radical (unpaired) electrons. The molecule has 0 spiro atoms. The standard InChI is InChI=1S/C28H33N7OS/c1-17-11-28(12-17,27-34-31-16-35(27)3)21-10-22(15-29-14-21)32-25(36)24-9-20(23-7-8-37-26(23)33-24)13-30-18(2)19-5-4-6-19/h7-10,14-19,30H,4-6,11-13H2,1-3H3,(H,32,36)/t17?,18-,28?/m0/s1. The van der Waals surface area contributed by atoms with Crippen molar-refractivity contribution >= 4 is 33.1 Å². The first kappa shape index (κ1) is 24.2. The van der Waals surface area contributed by atoms with E-state index in [0.29, 0.717) is 23.3 Å². The first-order chi connectivity index (χ1) is 17.9. The number of aromatic nitrogens is 5. The highest BCUT2D eigenvalue weighted by Crippen LogP contribution is 2.51. The van der Waals surface area contributed by atoms with Gasteiger partial charge in [0.15, 0.2) is 0 Å². The number of nitrogens with one attached hydrogen (secondary N) is 2. The number of hydrogen-bond donors (Lipinski definition) is 2. The molecule has 0 saturated heterocycles. The average molecular weight is 516 g/mol. The predicted octanol–water partition coefficient (Wildman–Crippen LogP) is 5.07. The Hall–Kier alpha value is -3.17. The lowest BCUT2D eigenvalue weighted by Crippen LogP contribution is -2.43. The third-order valence-electron chi connectivity index (χ3n) is 8.31. The summed E-state index contributed by atoms with van der Waals surface area (Å²) in [6, 6.07) is 6.52. The van der Waals surface area contributed by atoms with Crippen molar-refractivity contribution in [3.05, 3.63) is 64.9 Å². The molecule has 2 saturated carbocycles. The molecule has 9 heteroatoms. The van der Waals surface area contributed by atoms with Crippen LogP contribution in [0.15, 0.2) is 42.3 Å². The van der Waals surface area contributed by atoms with Crippen LogP contribution in [-0.2, 0) is 19.0 Å². The minimum atomic E-state index is -0.234. The summed E-state index contributed by atoms with van der Waals surface area (Å²) in [5, 5.41) is 18.4. The van der Waals surface area contributed by atoms with Gasteiger partial charge >= 0.3 is 0 Å². The van der Waals surface area contributed by atoms with Crippen LogP contribution >= 0.6 is 11.3 Å². The molecule has 0 aromatic carbocycles. The van der Waals surface area contributed by atoms with Gasteiger partial charge in [-0.25, -0.2) is 4.98 Å². The summed E-state index contributed by atoms with van der Waals surface area (Å²) in [7, 11) is 1.98. The van der Waals surface area contributed by atoms with E-state index in [-0.39, 0.29) is 11.3 Å². The summed E-state index contributed by atoms with van der Waals surface area (Å²) in [5.74, 6) is 2.06. The zero-order chi connectivity index (χ0) is 25.6. The summed E-state index contributed by atoms with van der Waals surface area (Å²) in [6.07, 6.45) is 11.2. The van der Waals surface area contributed by atoms with E-state index in [1.165, 1.54) is 19.3 Å². The molecule has 192 valence electrons. The van der Waals surface area contributed by atoms with Crippen molar-refractivity contribution in [2.24, 2.45) is 18.9 Å². The molecule has 6 rings (SSSR count). The Bertz CT molecular complexity index is 1430. The van der Waals surface area contributed by atoms with Crippen LogP contribution in [-0.4, -0.2) is 36.7 Å². The zero-order valence-electron chi connectivity index (χ0n) is 21.6. The lowest BCUT2D eigenvalue weighted by molar-refractivity contribution is 0.102. The number of aryl methyl sites for hydroxylation is 1. The first-order valence-corrected chi connectivity index (χ1v) is 14.0. The zero-order valence-corrected chi connectivity index (χ0v) is 22.4. The Labute approximate surface area is 220 Å². The summed E-state index contributed by atoms with van der Waals surface area (Å²) in [6.45, 7) is 5.24. The predicted molar refractivity (Wildman–Crippen MR) is 146 cm³/mol. The maximum Gasteiger partial charge on any atom is 0.274 e. The summed E-state index contributed by atoms with van der Waals surface area (Å²) < 4.78 is 1.98. The van der Waals surface area contributed by atoms with Crippen LogP contribution in [0.4, 0.5) is 5.69 Å². The molecule has 2 N–H and O–H groups in total. The Morgan fingerprint density at radius 2 is 2.11 bits per heavy atom. The minimum absolute atomic E-state index is 0.225. The van der Waals surface area contributed by atoms with Gasteiger partial charge in [-0.15, -0.1) is 21.5 Å². The van der Waals surface area contributed by atoms with E-state index >= 15 is 0 Å². The van der Waals surface area contributed by atoms with Gasteiger partial charge in [-0.2, -0.15) is 0 Å². The quantitative estimate of drug-likeness (QED) is 0.340. The lowest BCUT2D eigenvalue weighted by Gasteiger charge is -2.45. The molecule has 2 aliphatic carbocycles. The van der Waals surface area contributed by atoms with Gasteiger partial charge in [0.25, 0.3) is 5.91 Å². The molecule has 8 nitrogen and oxygen atoms in total. The van der Waals surface area contributed by atoms with E-state index in [4.69, 9.17) is 0 Å². The van der Waals surface area contributed by atoms with E-state index < -0.39 is 0 Å². The number of fused-ring (bicyclic) bond motifs is 1. The van der Waals surface area contributed by atoms with Crippen molar-refractivity contribution in [1.82, 2.24) is 30.0 Å². The Morgan fingerprint density at radius 1 is 1.27 bits per heavy atom. The molecule has 2 fully saturated rings. The highest BCUT2D eigenvalue weighted by atomic mass is 32.1. The SMILES string of the molecule is CC1CC(c2cncc(NC(=O)c3cc(CN[C@@H](C)C4CCC4)c4ccsc4n3)c2)(c2nncn2C)C1. The van der Waals surface area contributed by atoms with Gasteiger partial charge < -0.3 is 15.2 Å². The molecule has 1 amide bonds. The average Bonchev–Trinajstić information content (AvgIpc) is 3.48. The monoisotopic (exact) mass is 515 g/mol. The van der Waals surface area contributed by atoms with Gasteiger partial charge in [0, 0.05) is 31.2 Å². The Kier molecular flexibility index (Phi) is 6.28. The number of anilines is 1. The molecule has 37 heavy (non-hydrogen) atoms. The van der Waals surface area contributed by atoms with E-state index in [2.05, 4.69) is 50.7 Å². The van der Waals surface area contributed by atoms with Crippen molar-refractivity contribution in [2.45, 2.75) is 64.0 Å².